The van der Waals surface area contributed by atoms with Crippen LogP contribution in [0.4, 0.5) is 4.79 Å². The highest BCUT2D eigenvalue weighted by Gasteiger charge is 2.32. The summed E-state index contributed by atoms with van der Waals surface area (Å²) in [4.78, 5) is 11.5. The minimum atomic E-state index is -1.11. The van der Waals surface area contributed by atoms with Gasteiger partial charge in [-0.2, -0.15) is 0 Å². The van der Waals surface area contributed by atoms with E-state index in [0.29, 0.717) is 6.61 Å². The van der Waals surface area contributed by atoms with E-state index in [9.17, 15) is 4.79 Å². The maximum Gasteiger partial charge on any atom is 0.511 e. The number of benzene rings is 1. The Labute approximate surface area is 114 Å². The number of rotatable bonds is 7. The average Bonchev–Trinajstić information content (AvgIpc) is 2.40. The molecule has 0 amide bonds. The van der Waals surface area contributed by atoms with Crippen molar-refractivity contribution in [3.63, 3.8) is 0 Å². The number of carbonyl (C=O) groups is 1. The van der Waals surface area contributed by atoms with Gasteiger partial charge in [0, 0.05) is 12.5 Å². The van der Waals surface area contributed by atoms with Crippen LogP contribution in [0.15, 0.2) is 30.3 Å². The predicted octanol–water partition coefficient (Wildman–Crippen LogP) is 3.85. The molecule has 0 heterocycles. The summed E-state index contributed by atoms with van der Waals surface area (Å²) in [7, 11) is 0. The highest BCUT2D eigenvalue weighted by molar-refractivity contribution is 5.60. The SMILES string of the molecule is CCCCOC(C)(OC(=O)OCC)c1ccccc1. The first-order valence-corrected chi connectivity index (χ1v) is 6.67. The maximum atomic E-state index is 11.5. The molecule has 0 saturated heterocycles. The number of unbranched alkanes of at least 4 members (excludes halogenated alkanes) is 1. The molecule has 1 rings (SSSR count). The first-order valence-electron chi connectivity index (χ1n) is 6.67. The summed E-state index contributed by atoms with van der Waals surface area (Å²) in [6, 6.07) is 9.40. The summed E-state index contributed by atoms with van der Waals surface area (Å²) in [5.41, 5.74) is 0.791. The summed E-state index contributed by atoms with van der Waals surface area (Å²) >= 11 is 0. The molecule has 0 aliphatic rings. The molecule has 0 saturated carbocycles. The van der Waals surface area contributed by atoms with Gasteiger partial charge in [-0.3, -0.25) is 0 Å². The fraction of sp³-hybridized carbons (Fsp3) is 0.533. The van der Waals surface area contributed by atoms with Gasteiger partial charge in [-0.1, -0.05) is 43.7 Å². The molecule has 0 bridgehead atoms. The van der Waals surface area contributed by atoms with E-state index in [1.807, 2.05) is 30.3 Å². The molecule has 0 radical (unpaired) electrons. The fourth-order valence-corrected chi connectivity index (χ4v) is 1.63. The van der Waals surface area contributed by atoms with Crippen molar-refractivity contribution in [1.29, 1.82) is 0 Å². The first kappa shape index (κ1) is 15.5. The van der Waals surface area contributed by atoms with Crippen LogP contribution in [0, 0.1) is 0 Å². The van der Waals surface area contributed by atoms with E-state index in [4.69, 9.17) is 14.2 Å². The van der Waals surface area contributed by atoms with E-state index in [-0.39, 0.29) is 6.61 Å². The van der Waals surface area contributed by atoms with Gasteiger partial charge in [0.1, 0.15) is 0 Å². The topological polar surface area (TPSA) is 44.8 Å². The Morgan fingerprint density at radius 1 is 1.21 bits per heavy atom. The van der Waals surface area contributed by atoms with Crippen LogP contribution in [-0.4, -0.2) is 19.4 Å². The first-order chi connectivity index (χ1) is 9.12. The van der Waals surface area contributed by atoms with Crippen molar-refractivity contribution in [2.45, 2.75) is 39.4 Å². The van der Waals surface area contributed by atoms with Gasteiger partial charge in [0.15, 0.2) is 0 Å². The van der Waals surface area contributed by atoms with E-state index < -0.39 is 11.9 Å². The van der Waals surface area contributed by atoms with Gasteiger partial charge in [0.05, 0.1) is 13.2 Å². The van der Waals surface area contributed by atoms with E-state index in [1.165, 1.54) is 0 Å². The third-order valence-corrected chi connectivity index (χ3v) is 2.71. The zero-order valence-corrected chi connectivity index (χ0v) is 11.8. The molecule has 0 aromatic heterocycles. The summed E-state index contributed by atoms with van der Waals surface area (Å²) in [6.45, 7) is 6.35. The van der Waals surface area contributed by atoms with Crippen LogP contribution in [-0.2, 0) is 20.0 Å². The number of ether oxygens (including phenoxy) is 3. The van der Waals surface area contributed by atoms with Crippen LogP contribution < -0.4 is 0 Å². The second-order valence-corrected chi connectivity index (χ2v) is 4.30. The standard InChI is InChI=1S/C15H22O4/c1-4-6-12-18-15(3,19-14(16)17-5-2)13-10-8-7-9-11-13/h7-11H,4-6,12H2,1-3H3. The monoisotopic (exact) mass is 266 g/mol. The van der Waals surface area contributed by atoms with Crippen molar-refractivity contribution in [3.05, 3.63) is 35.9 Å². The summed E-state index contributed by atoms with van der Waals surface area (Å²) in [5, 5.41) is 0. The van der Waals surface area contributed by atoms with Crippen molar-refractivity contribution in [2.24, 2.45) is 0 Å². The molecular formula is C15H22O4. The van der Waals surface area contributed by atoms with Crippen molar-refractivity contribution in [1.82, 2.24) is 0 Å². The Morgan fingerprint density at radius 2 is 1.89 bits per heavy atom. The van der Waals surface area contributed by atoms with Gasteiger partial charge >= 0.3 is 6.16 Å². The third-order valence-electron chi connectivity index (χ3n) is 2.71. The lowest BCUT2D eigenvalue weighted by molar-refractivity contribution is -0.210. The zero-order chi connectivity index (χ0) is 14.1. The third kappa shape index (κ3) is 4.91. The molecule has 4 nitrogen and oxygen atoms in total. The quantitative estimate of drug-likeness (QED) is 0.427. The lowest BCUT2D eigenvalue weighted by atomic mass is 10.1. The van der Waals surface area contributed by atoms with Crippen LogP contribution in [0.1, 0.15) is 39.2 Å². The zero-order valence-electron chi connectivity index (χ0n) is 11.8. The molecule has 0 fully saturated rings. The van der Waals surface area contributed by atoms with Gasteiger partial charge in [0.2, 0.25) is 5.79 Å². The molecule has 0 aliphatic heterocycles. The van der Waals surface area contributed by atoms with Crippen molar-refractivity contribution < 1.29 is 19.0 Å². The number of carbonyl (C=O) groups excluding carboxylic acids is 1. The highest BCUT2D eigenvalue weighted by Crippen LogP contribution is 2.27. The Bertz CT molecular complexity index is 377. The average molecular weight is 266 g/mol. The molecule has 19 heavy (non-hydrogen) atoms. The normalized spacial score (nSPS) is 13.6. The molecular weight excluding hydrogens is 244 g/mol. The van der Waals surface area contributed by atoms with Crippen LogP contribution in [0.25, 0.3) is 0 Å². The molecule has 4 heteroatoms. The van der Waals surface area contributed by atoms with Gasteiger partial charge in [-0.15, -0.1) is 0 Å². The van der Waals surface area contributed by atoms with Crippen LogP contribution in [0.3, 0.4) is 0 Å². The molecule has 1 unspecified atom stereocenters. The van der Waals surface area contributed by atoms with E-state index in [1.54, 1.807) is 13.8 Å². The lowest BCUT2D eigenvalue weighted by Gasteiger charge is -2.29. The minimum Gasteiger partial charge on any atom is -0.435 e. The van der Waals surface area contributed by atoms with Gasteiger partial charge < -0.3 is 14.2 Å². The lowest BCUT2D eigenvalue weighted by Crippen LogP contribution is -2.33. The molecule has 1 aromatic carbocycles. The second-order valence-electron chi connectivity index (χ2n) is 4.30. The molecule has 0 N–H and O–H groups in total. The van der Waals surface area contributed by atoms with E-state index in [2.05, 4.69) is 6.92 Å². The van der Waals surface area contributed by atoms with Gasteiger partial charge in [-0.25, -0.2) is 4.79 Å². The Hall–Kier alpha value is -1.55. The Balaban J connectivity index is 2.80. The van der Waals surface area contributed by atoms with Crippen LogP contribution in [0.5, 0.6) is 0 Å². The van der Waals surface area contributed by atoms with Crippen molar-refractivity contribution in [2.75, 3.05) is 13.2 Å². The van der Waals surface area contributed by atoms with Crippen molar-refractivity contribution >= 4 is 6.16 Å². The summed E-state index contributed by atoms with van der Waals surface area (Å²) in [5.74, 6) is -1.11. The molecule has 1 aromatic rings. The number of hydrogen-bond acceptors (Lipinski definition) is 4. The largest absolute Gasteiger partial charge is 0.511 e. The molecule has 106 valence electrons. The number of hydrogen-bond donors (Lipinski definition) is 0. The van der Waals surface area contributed by atoms with Crippen LogP contribution in [0.2, 0.25) is 0 Å². The predicted molar refractivity (Wildman–Crippen MR) is 72.8 cm³/mol. The minimum absolute atomic E-state index is 0.276. The van der Waals surface area contributed by atoms with Crippen molar-refractivity contribution in [3.8, 4) is 0 Å². The molecule has 0 spiro atoms. The Kier molecular flexibility index (Phi) is 6.36. The maximum absolute atomic E-state index is 11.5. The smallest absolute Gasteiger partial charge is 0.435 e. The van der Waals surface area contributed by atoms with E-state index >= 15 is 0 Å². The molecule has 0 aliphatic carbocycles. The highest BCUT2D eigenvalue weighted by atomic mass is 16.8. The van der Waals surface area contributed by atoms with Gasteiger partial charge in [0.25, 0.3) is 0 Å². The summed E-state index contributed by atoms with van der Waals surface area (Å²) in [6.07, 6.45) is 1.21. The molecule has 1 atom stereocenters. The summed E-state index contributed by atoms with van der Waals surface area (Å²) < 4.78 is 15.9. The second kappa shape index (κ2) is 7.79. The van der Waals surface area contributed by atoms with E-state index in [0.717, 1.165) is 18.4 Å². The van der Waals surface area contributed by atoms with Crippen LogP contribution >= 0.6 is 0 Å². The fourth-order valence-electron chi connectivity index (χ4n) is 1.63. The Morgan fingerprint density at radius 3 is 2.47 bits per heavy atom. The van der Waals surface area contributed by atoms with Gasteiger partial charge in [-0.05, 0) is 13.3 Å².